The number of halogens is 1. The molecule has 1 fully saturated rings. The van der Waals surface area contributed by atoms with E-state index in [4.69, 9.17) is 20.8 Å². The van der Waals surface area contributed by atoms with E-state index in [1.807, 2.05) is 41.3 Å². The lowest BCUT2D eigenvalue weighted by molar-refractivity contribution is 0.0600. The predicted octanol–water partition coefficient (Wildman–Crippen LogP) is 4.05. The highest BCUT2D eigenvalue weighted by atomic mass is 35.5. The average molecular weight is 385 g/mol. The van der Waals surface area contributed by atoms with Crippen LogP contribution in [0.25, 0.3) is 11.0 Å². The normalized spacial score (nSPS) is 15.3. The van der Waals surface area contributed by atoms with Crippen LogP contribution < -0.4 is 4.74 Å². The maximum atomic E-state index is 12.8. The predicted molar refractivity (Wildman–Crippen MR) is 105 cm³/mol. The van der Waals surface area contributed by atoms with E-state index in [0.29, 0.717) is 30.2 Å². The minimum absolute atomic E-state index is 0.0735. The van der Waals surface area contributed by atoms with Gasteiger partial charge in [0.15, 0.2) is 17.1 Å². The van der Waals surface area contributed by atoms with Gasteiger partial charge >= 0.3 is 0 Å². The third-order valence-corrected chi connectivity index (χ3v) is 5.13. The fraction of sp³-hybridized carbons (Fsp3) is 0.286. The summed E-state index contributed by atoms with van der Waals surface area (Å²) in [5.41, 5.74) is 1.80. The highest BCUT2D eigenvalue weighted by Crippen LogP contribution is 2.29. The fourth-order valence-corrected chi connectivity index (χ4v) is 3.67. The van der Waals surface area contributed by atoms with Gasteiger partial charge in [-0.1, -0.05) is 35.9 Å². The van der Waals surface area contributed by atoms with Crippen molar-refractivity contribution < 1.29 is 13.9 Å². The fourth-order valence-electron chi connectivity index (χ4n) is 3.46. The molecule has 27 heavy (non-hydrogen) atoms. The van der Waals surface area contributed by atoms with Gasteiger partial charge in [0.2, 0.25) is 0 Å². The van der Waals surface area contributed by atoms with Gasteiger partial charge in [-0.2, -0.15) is 0 Å². The quantitative estimate of drug-likeness (QED) is 0.680. The van der Waals surface area contributed by atoms with Crippen LogP contribution in [0.3, 0.4) is 0 Å². The molecular weight excluding hydrogens is 364 g/mol. The second-order valence-electron chi connectivity index (χ2n) is 6.69. The first-order chi connectivity index (χ1) is 13.1. The van der Waals surface area contributed by atoms with E-state index in [1.165, 1.54) is 5.56 Å². The van der Waals surface area contributed by atoms with Crippen LogP contribution in [-0.4, -0.2) is 49.0 Å². The topological polar surface area (TPSA) is 45.9 Å². The molecule has 0 atom stereocenters. The molecule has 0 unspecified atom stereocenters. The smallest absolute Gasteiger partial charge is 0.289 e. The Labute approximate surface area is 163 Å². The summed E-state index contributed by atoms with van der Waals surface area (Å²) in [4.78, 5) is 17.0. The first-order valence-electron chi connectivity index (χ1n) is 8.96. The Kier molecular flexibility index (Phi) is 5.05. The van der Waals surface area contributed by atoms with E-state index in [2.05, 4.69) is 11.0 Å². The monoisotopic (exact) mass is 384 g/mol. The highest BCUT2D eigenvalue weighted by Gasteiger charge is 2.25. The molecule has 1 amide bonds. The largest absolute Gasteiger partial charge is 0.493 e. The molecule has 1 aliphatic rings. The second kappa shape index (κ2) is 7.62. The molecule has 5 nitrogen and oxygen atoms in total. The van der Waals surface area contributed by atoms with Gasteiger partial charge in [0.25, 0.3) is 5.91 Å². The molecule has 140 valence electrons. The molecule has 1 saturated heterocycles. The number of amides is 1. The molecule has 0 bridgehead atoms. The van der Waals surface area contributed by atoms with Crippen molar-refractivity contribution in [3.63, 3.8) is 0 Å². The van der Waals surface area contributed by atoms with Crippen LogP contribution in [0.4, 0.5) is 0 Å². The molecule has 2 heterocycles. The Morgan fingerprint density at radius 3 is 2.63 bits per heavy atom. The van der Waals surface area contributed by atoms with Crippen LogP contribution >= 0.6 is 11.6 Å². The minimum atomic E-state index is -0.0735. The Morgan fingerprint density at radius 2 is 1.89 bits per heavy atom. The first-order valence-corrected chi connectivity index (χ1v) is 9.34. The van der Waals surface area contributed by atoms with Crippen LogP contribution in [-0.2, 0) is 6.54 Å². The average Bonchev–Trinajstić information content (AvgIpc) is 3.12. The second-order valence-corrected chi connectivity index (χ2v) is 7.12. The molecular formula is C21H21ClN2O3. The molecule has 3 aromatic rings. The summed E-state index contributed by atoms with van der Waals surface area (Å²) in [7, 11) is 1.60. The van der Waals surface area contributed by atoms with Gasteiger partial charge in [0.1, 0.15) is 0 Å². The Morgan fingerprint density at radius 1 is 1.11 bits per heavy atom. The van der Waals surface area contributed by atoms with Crippen molar-refractivity contribution in [2.24, 2.45) is 0 Å². The third-order valence-electron chi connectivity index (χ3n) is 4.89. The van der Waals surface area contributed by atoms with Gasteiger partial charge in [-0.3, -0.25) is 9.69 Å². The molecule has 2 aromatic carbocycles. The summed E-state index contributed by atoms with van der Waals surface area (Å²) in [5, 5.41) is 1.62. The summed E-state index contributed by atoms with van der Waals surface area (Å²) < 4.78 is 11.1. The number of para-hydroxylation sites is 1. The van der Waals surface area contributed by atoms with Crippen molar-refractivity contribution in [3.8, 4) is 5.75 Å². The minimum Gasteiger partial charge on any atom is -0.493 e. The molecule has 1 aromatic heterocycles. The number of carbonyl (C=O) groups is 1. The van der Waals surface area contributed by atoms with Crippen LogP contribution in [0.2, 0.25) is 5.02 Å². The number of hydrogen-bond acceptors (Lipinski definition) is 4. The molecule has 1 aliphatic heterocycles. The Balaban J connectivity index is 1.41. The maximum Gasteiger partial charge on any atom is 0.289 e. The standard InChI is InChI=1S/C21H21ClN2O3/c1-26-18-7-3-5-16-13-19(27-20(16)18)21(25)24-10-8-23(9-11-24)14-15-4-2-6-17(22)12-15/h2-7,12-13H,8-11,14H2,1H3. The summed E-state index contributed by atoms with van der Waals surface area (Å²) in [6, 6.07) is 15.3. The lowest BCUT2D eigenvalue weighted by Gasteiger charge is -2.34. The van der Waals surface area contributed by atoms with Crippen LogP contribution in [0.1, 0.15) is 16.1 Å². The van der Waals surface area contributed by atoms with Gasteiger partial charge in [-0.15, -0.1) is 0 Å². The molecule has 0 saturated carbocycles. The Hall–Kier alpha value is -2.50. The lowest BCUT2D eigenvalue weighted by Crippen LogP contribution is -2.48. The SMILES string of the molecule is COc1cccc2cc(C(=O)N3CCN(Cc4cccc(Cl)c4)CC3)oc12. The van der Waals surface area contributed by atoms with Gasteiger partial charge in [0, 0.05) is 43.1 Å². The van der Waals surface area contributed by atoms with Crippen molar-refractivity contribution in [2.45, 2.75) is 6.54 Å². The lowest BCUT2D eigenvalue weighted by atomic mass is 10.2. The summed E-state index contributed by atoms with van der Waals surface area (Å²) in [6.45, 7) is 3.83. The van der Waals surface area contributed by atoms with E-state index < -0.39 is 0 Å². The van der Waals surface area contributed by atoms with E-state index in [0.717, 1.165) is 30.0 Å². The molecule has 0 radical (unpaired) electrons. The van der Waals surface area contributed by atoms with Crippen molar-refractivity contribution in [3.05, 3.63) is 64.9 Å². The first kappa shape index (κ1) is 17.9. The number of methoxy groups -OCH3 is 1. The van der Waals surface area contributed by atoms with Gasteiger partial charge in [-0.05, 0) is 29.8 Å². The van der Waals surface area contributed by atoms with E-state index in [1.54, 1.807) is 13.2 Å². The van der Waals surface area contributed by atoms with Crippen LogP contribution in [0.5, 0.6) is 5.75 Å². The molecule has 0 aliphatic carbocycles. The summed E-state index contributed by atoms with van der Waals surface area (Å²) in [6.07, 6.45) is 0. The molecule has 6 heteroatoms. The number of furan rings is 1. The number of fused-ring (bicyclic) bond motifs is 1. The van der Waals surface area contributed by atoms with Gasteiger partial charge in [-0.25, -0.2) is 0 Å². The van der Waals surface area contributed by atoms with E-state index in [9.17, 15) is 4.79 Å². The number of carbonyl (C=O) groups excluding carboxylic acids is 1. The van der Waals surface area contributed by atoms with Crippen LogP contribution in [0.15, 0.2) is 52.9 Å². The summed E-state index contributed by atoms with van der Waals surface area (Å²) >= 11 is 6.06. The number of hydrogen-bond donors (Lipinski definition) is 0. The highest BCUT2D eigenvalue weighted by molar-refractivity contribution is 6.30. The molecule has 0 spiro atoms. The maximum absolute atomic E-state index is 12.8. The summed E-state index contributed by atoms with van der Waals surface area (Å²) in [5.74, 6) is 0.923. The van der Waals surface area contributed by atoms with Crippen molar-refractivity contribution in [1.82, 2.24) is 9.80 Å². The number of piperazine rings is 1. The molecule has 0 N–H and O–H groups in total. The number of nitrogens with zero attached hydrogens (tertiary/aromatic N) is 2. The van der Waals surface area contributed by atoms with E-state index >= 15 is 0 Å². The van der Waals surface area contributed by atoms with Crippen molar-refractivity contribution >= 4 is 28.5 Å². The molecule has 4 rings (SSSR count). The Bertz CT molecular complexity index is 961. The van der Waals surface area contributed by atoms with Crippen molar-refractivity contribution in [2.75, 3.05) is 33.3 Å². The number of rotatable bonds is 4. The zero-order valence-electron chi connectivity index (χ0n) is 15.2. The number of benzene rings is 2. The van der Waals surface area contributed by atoms with E-state index in [-0.39, 0.29) is 5.91 Å². The van der Waals surface area contributed by atoms with Crippen LogP contribution in [0, 0.1) is 0 Å². The number of ether oxygens (including phenoxy) is 1. The zero-order valence-corrected chi connectivity index (χ0v) is 15.9. The van der Waals surface area contributed by atoms with Crippen molar-refractivity contribution in [1.29, 1.82) is 0 Å². The zero-order chi connectivity index (χ0) is 18.8. The van der Waals surface area contributed by atoms with Gasteiger partial charge in [0.05, 0.1) is 7.11 Å². The van der Waals surface area contributed by atoms with Gasteiger partial charge < -0.3 is 14.1 Å². The third kappa shape index (κ3) is 3.80.